The van der Waals surface area contributed by atoms with Gasteiger partial charge in [-0.25, -0.2) is 8.78 Å². The third-order valence-electron chi connectivity index (χ3n) is 2.46. The van der Waals surface area contributed by atoms with Gasteiger partial charge in [0, 0.05) is 16.9 Å². The molecule has 0 aromatic heterocycles. The smallest absolute Gasteiger partial charge is 0.201 e. The van der Waals surface area contributed by atoms with Crippen LogP contribution in [0.1, 0.15) is 24.5 Å². The number of allylic oxidation sites excluding steroid dienone is 2. The van der Waals surface area contributed by atoms with Gasteiger partial charge in [-0.3, -0.25) is 0 Å². The van der Waals surface area contributed by atoms with Crippen molar-refractivity contribution in [1.29, 1.82) is 0 Å². The van der Waals surface area contributed by atoms with E-state index in [0.29, 0.717) is 0 Å². The van der Waals surface area contributed by atoms with Crippen LogP contribution in [0.25, 0.3) is 0 Å². The van der Waals surface area contributed by atoms with Crippen LogP contribution in [0.15, 0.2) is 47.2 Å². The van der Waals surface area contributed by atoms with Crippen LogP contribution < -0.4 is 0 Å². The van der Waals surface area contributed by atoms with E-state index >= 15 is 0 Å². The zero-order valence-corrected chi connectivity index (χ0v) is 10.9. The van der Waals surface area contributed by atoms with Crippen LogP contribution in [0.5, 0.6) is 0 Å². The molecule has 17 heavy (non-hydrogen) atoms. The highest BCUT2D eigenvalue weighted by atomic mass is 32.2. The van der Waals surface area contributed by atoms with Gasteiger partial charge >= 0.3 is 0 Å². The Morgan fingerprint density at radius 1 is 1.41 bits per heavy atom. The van der Waals surface area contributed by atoms with Gasteiger partial charge in [0.1, 0.15) is 0 Å². The molecule has 1 aromatic carbocycles. The topological polar surface area (TPSA) is 0 Å². The molecule has 0 atom stereocenters. The maximum absolute atomic E-state index is 13.5. The molecule has 0 aliphatic heterocycles. The maximum Gasteiger partial charge on any atom is 0.273 e. The first-order valence-electron chi connectivity index (χ1n) is 5.44. The maximum atomic E-state index is 13.5. The number of hydrogen-bond acceptors (Lipinski definition) is 1. The minimum atomic E-state index is -2.74. The molecule has 0 aliphatic rings. The number of hydrogen-bond donors (Lipinski definition) is 0. The summed E-state index contributed by atoms with van der Waals surface area (Å²) < 4.78 is 27.1. The quantitative estimate of drug-likeness (QED) is 0.508. The Hall–Kier alpha value is -1.09. The molecule has 0 amide bonds. The number of thioether (sulfide) groups is 1. The molecular formula is C14H16F2S. The van der Waals surface area contributed by atoms with Gasteiger partial charge in [-0.15, -0.1) is 0 Å². The zero-order chi connectivity index (χ0) is 12.9. The third-order valence-corrected chi connectivity index (χ3v) is 3.45. The molecule has 0 nitrogen and oxygen atoms in total. The highest BCUT2D eigenvalue weighted by Crippen LogP contribution is 2.35. The molecule has 0 heterocycles. The van der Waals surface area contributed by atoms with Crippen molar-refractivity contribution in [3.05, 3.63) is 53.5 Å². The van der Waals surface area contributed by atoms with E-state index < -0.39 is 5.92 Å². The molecular weight excluding hydrogens is 238 g/mol. The molecule has 0 saturated heterocycles. The van der Waals surface area contributed by atoms with Crippen molar-refractivity contribution in [1.82, 2.24) is 0 Å². The van der Waals surface area contributed by atoms with E-state index in [1.807, 2.05) is 12.3 Å². The van der Waals surface area contributed by atoms with Crippen molar-refractivity contribution >= 4 is 11.8 Å². The summed E-state index contributed by atoms with van der Waals surface area (Å²) in [6, 6.07) is 4.81. The Balaban J connectivity index is 3.02. The summed E-state index contributed by atoms with van der Waals surface area (Å²) in [5, 5.41) is 1.84. The molecule has 1 rings (SSSR count). The fraction of sp³-hybridized carbons (Fsp3) is 0.286. The van der Waals surface area contributed by atoms with Gasteiger partial charge in [0.15, 0.2) is 0 Å². The lowest BCUT2D eigenvalue weighted by molar-refractivity contribution is -0.00849. The Morgan fingerprint density at radius 3 is 2.71 bits per heavy atom. The summed E-state index contributed by atoms with van der Waals surface area (Å²) in [4.78, 5) is 0.855. The van der Waals surface area contributed by atoms with Crippen LogP contribution in [-0.4, -0.2) is 0 Å². The standard InChI is InChI=1S/C14H16F2S/c1-4-6-9-17-13-10-12(8-7-11(13)3)14(15,16)5-2/h4,6-10H,1,5H2,2-3H3. The SMILES string of the molecule is C=CC=CSc1cc(C(F)(F)CC)ccc1C. The zero-order valence-electron chi connectivity index (χ0n) is 10.0. The van der Waals surface area contributed by atoms with E-state index in [-0.39, 0.29) is 12.0 Å². The highest BCUT2D eigenvalue weighted by molar-refractivity contribution is 8.02. The van der Waals surface area contributed by atoms with Crippen molar-refractivity contribution in [3.63, 3.8) is 0 Å². The second-order valence-electron chi connectivity index (χ2n) is 3.72. The van der Waals surface area contributed by atoms with Gasteiger partial charge in [-0.05, 0) is 24.0 Å². The molecule has 0 aliphatic carbocycles. The average Bonchev–Trinajstić information content (AvgIpc) is 2.31. The number of benzene rings is 1. The molecule has 0 N–H and O–H groups in total. The van der Waals surface area contributed by atoms with Crippen molar-refractivity contribution in [3.8, 4) is 0 Å². The average molecular weight is 254 g/mol. The first-order valence-corrected chi connectivity index (χ1v) is 6.32. The fourth-order valence-electron chi connectivity index (χ4n) is 1.33. The summed E-state index contributed by atoms with van der Waals surface area (Å²) >= 11 is 1.43. The highest BCUT2D eigenvalue weighted by Gasteiger charge is 2.29. The first-order chi connectivity index (χ1) is 8.01. The number of alkyl halides is 2. The predicted molar refractivity (Wildman–Crippen MR) is 70.6 cm³/mol. The van der Waals surface area contributed by atoms with Crippen LogP contribution in [0.4, 0.5) is 8.78 Å². The first kappa shape index (κ1) is 14.0. The second kappa shape index (κ2) is 6.01. The van der Waals surface area contributed by atoms with Gasteiger partial charge in [-0.1, -0.05) is 49.5 Å². The molecule has 0 saturated carbocycles. The van der Waals surface area contributed by atoms with Crippen molar-refractivity contribution in [2.75, 3.05) is 0 Å². The van der Waals surface area contributed by atoms with E-state index in [2.05, 4.69) is 6.58 Å². The van der Waals surface area contributed by atoms with E-state index in [4.69, 9.17) is 0 Å². The summed E-state index contributed by atoms with van der Waals surface area (Å²) in [7, 11) is 0. The lowest BCUT2D eigenvalue weighted by Gasteiger charge is -2.16. The number of rotatable bonds is 5. The summed E-state index contributed by atoms with van der Waals surface area (Å²) in [6.45, 7) is 6.97. The number of halogens is 2. The Labute approximate surface area is 105 Å². The van der Waals surface area contributed by atoms with Crippen molar-refractivity contribution in [2.45, 2.75) is 31.1 Å². The molecule has 3 heteroatoms. The second-order valence-corrected chi connectivity index (χ2v) is 4.67. The van der Waals surface area contributed by atoms with Gasteiger partial charge in [0.2, 0.25) is 0 Å². The fourth-order valence-corrected chi connectivity index (χ4v) is 2.11. The van der Waals surface area contributed by atoms with Crippen LogP contribution in [0, 0.1) is 6.92 Å². The van der Waals surface area contributed by atoms with Crippen molar-refractivity contribution < 1.29 is 8.78 Å². The van der Waals surface area contributed by atoms with Crippen LogP contribution in [0.3, 0.4) is 0 Å². The molecule has 1 aromatic rings. The minimum Gasteiger partial charge on any atom is -0.201 e. The van der Waals surface area contributed by atoms with Crippen molar-refractivity contribution in [2.24, 2.45) is 0 Å². The molecule has 92 valence electrons. The molecule has 0 radical (unpaired) electrons. The Bertz CT molecular complexity index is 422. The molecule has 0 spiro atoms. The monoisotopic (exact) mass is 254 g/mol. The van der Waals surface area contributed by atoms with E-state index in [1.165, 1.54) is 24.8 Å². The Kier molecular flexibility index (Phi) is 4.94. The Morgan fingerprint density at radius 2 is 2.12 bits per heavy atom. The van der Waals surface area contributed by atoms with Crippen LogP contribution in [-0.2, 0) is 5.92 Å². The molecule has 0 bridgehead atoms. The molecule has 0 fully saturated rings. The van der Waals surface area contributed by atoms with Crippen LogP contribution in [0.2, 0.25) is 0 Å². The summed E-state index contributed by atoms with van der Waals surface area (Å²) in [5.74, 6) is -2.74. The lowest BCUT2D eigenvalue weighted by Crippen LogP contribution is -2.11. The summed E-state index contributed by atoms with van der Waals surface area (Å²) in [5.41, 5.74) is 1.08. The van der Waals surface area contributed by atoms with E-state index in [0.717, 1.165) is 10.5 Å². The molecule has 0 unspecified atom stereocenters. The van der Waals surface area contributed by atoms with E-state index in [1.54, 1.807) is 24.3 Å². The third kappa shape index (κ3) is 3.70. The van der Waals surface area contributed by atoms with E-state index in [9.17, 15) is 8.78 Å². The largest absolute Gasteiger partial charge is 0.273 e. The number of aryl methyl sites for hydroxylation is 1. The minimum absolute atomic E-state index is 0.0834. The predicted octanol–water partition coefficient (Wildman–Crippen LogP) is 5.29. The van der Waals surface area contributed by atoms with Gasteiger partial charge in [0.05, 0.1) is 0 Å². The van der Waals surface area contributed by atoms with Gasteiger partial charge in [0.25, 0.3) is 5.92 Å². The van der Waals surface area contributed by atoms with Gasteiger partial charge in [-0.2, -0.15) is 0 Å². The summed E-state index contributed by atoms with van der Waals surface area (Å²) in [6.07, 6.45) is 3.27. The van der Waals surface area contributed by atoms with Gasteiger partial charge < -0.3 is 0 Å². The lowest BCUT2D eigenvalue weighted by atomic mass is 10.0. The van der Waals surface area contributed by atoms with Crippen LogP contribution >= 0.6 is 11.8 Å². The normalized spacial score (nSPS) is 12.0.